The number of nitrogens with one attached hydrogen (secondary N) is 1. The first kappa shape index (κ1) is 7.85. The minimum atomic E-state index is 0.581. The maximum atomic E-state index is 5.68. The SMILES string of the molecule is CCNc1ccc(N)c2nonc12. The van der Waals surface area contributed by atoms with E-state index >= 15 is 0 Å². The Bertz CT molecular complexity index is 423. The van der Waals surface area contributed by atoms with Crippen LogP contribution in [0.5, 0.6) is 0 Å². The number of rotatable bonds is 2. The number of hydrogen-bond donors (Lipinski definition) is 2. The Morgan fingerprint density at radius 3 is 2.92 bits per heavy atom. The zero-order chi connectivity index (χ0) is 9.26. The molecule has 0 fully saturated rings. The lowest BCUT2D eigenvalue weighted by Gasteiger charge is -2.02. The second kappa shape index (κ2) is 2.93. The molecule has 0 unspecified atom stereocenters. The molecule has 3 N–H and O–H groups in total. The Hall–Kier alpha value is -1.78. The molecule has 0 saturated carbocycles. The maximum Gasteiger partial charge on any atom is 0.160 e. The van der Waals surface area contributed by atoms with Crippen molar-refractivity contribution in [3.8, 4) is 0 Å². The number of nitrogen functional groups attached to an aromatic ring is 1. The van der Waals surface area contributed by atoms with Crippen molar-refractivity contribution < 1.29 is 4.63 Å². The molecule has 13 heavy (non-hydrogen) atoms. The molecule has 0 spiro atoms. The van der Waals surface area contributed by atoms with Crippen LogP contribution in [-0.2, 0) is 0 Å². The highest BCUT2D eigenvalue weighted by atomic mass is 16.6. The number of anilines is 2. The van der Waals surface area contributed by atoms with E-state index in [2.05, 4.69) is 20.3 Å². The number of hydrogen-bond acceptors (Lipinski definition) is 5. The third kappa shape index (κ3) is 1.18. The highest BCUT2D eigenvalue weighted by Crippen LogP contribution is 2.24. The highest BCUT2D eigenvalue weighted by molar-refractivity contribution is 5.94. The predicted octanol–water partition coefficient (Wildman–Crippen LogP) is 1.24. The van der Waals surface area contributed by atoms with Crippen molar-refractivity contribution >= 4 is 22.4 Å². The van der Waals surface area contributed by atoms with E-state index in [0.29, 0.717) is 16.7 Å². The van der Waals surface area contributed by atoms with E-state index < -0.39 is 0 Å². The largest absolute Gasteiger partial charge is 0.397 e. The minimum Gasteiger partial charge on any atom is -0.397 e. The van der Waals surface area contributed by atoms with Gasteiger partial charge < -0.3 is 11.1 Å². The van der Waals surface area contributed by atoms with Crippen molar-refractivity contribution in [1.29, 1.82) is 0 Å². The standard InChI is InChI=1S/C8H10N4O/c1-2-10-6-4-3-5(9)7-8(6)12-13-11-7/h3-4,10H,2,9H2,1H3. The lowest BCUT2D eigenvalue weighted by molar-refractivity contribution is 0.316. The van der Waals surface area contributed by atoms with Crippen LogP contribution in [0, 0.1) is 0 Å². The second-order valence-corrected chi connectivity index (χ2v) is 2.69. The van der Waals surface area contributed by atoms with Gasteiger partial charge in [-0.15, -0.1) is 0 Å². The van der Waals surface area contributed by atoms with Crippen molar-refractivity contribution in [3.63, 3.8) is 0 Å². The molecule has 0 radical (unpaired) electrons. The minimum absolute atomic E-state index is 0.581. The Kier molecular flexibility index (Phi) is 1.77. The molecule has 0 aliphatic rings. The molecule has 0 aliphatic heterocycles. The molecule has 2 aromatic rings. The molecule has 2 rings (SSSR count). The smallest absolute Gasteiger partial charge is 0.160 e. The topological polar surface area (TPSA) is 77.0 Å². The molecule has 68 valence electrons. The van der Waals surface area contributed by atoms with E-state index in [9.17, 15) is 0 Å². The van der Waals surface area contributed by atoms with Crippen LogP contribution in [0.4, 0.5) is 11.4 Å². The zero-order valence-corrected chi connectivity index (χ0v) is 7.24. The Morgan fingerprint density at radius 1 is 1.38 bits per heavy atom. The van der Waals surface area contributed by atoms with Crippen molar-refractivity contribution in [2.45, 2.75) is 6.92 Å². The molecule has 0 bridgehead atoms. The van der Waals surface area contributed by atoms with Gasteiger partial charge in [0.05, 0.1) is 11.4 Å². The van der Waals surface area contributed by atoms with Crippen LogP contribution in [0.3, 0.4) is 0 Å². The van der Waals surface area contributed by atoms with E-state index in [1.807, 2.05) is 13.0 Å². The van der Waals surface area contributed by atoms with E-state index in [-0.39, 0.29) is 0 Å². The van der Waals surface area contributed by atoms with Gasteiger partial charge in [-0.05, 0) is 29.4 Å². The van der Waals surface area contributed by atoms with Crippen LogP contribution in [0.1, 0.15) is 6.92 Å². The van der Waals surface area contributed by atoms with Gasteiger partial charge in [-0.2, -0.15) is 0 Å². The zero-order valence-electron chi connectivity index (χ0n) is 7.24. The van der Waals surface area contributed by atoms with Crippen molar-refractivity contribution in [1.82, 2.24) is 10.3 Å². The molecular weight excluding hydrogens is 168 g/mol. The molecule has 5 heteroatoms. The molecule has 0 aliphatic carbocycles. The molecular formula is C8H10N4O. The summed E-state index contributed by atoms with van der Waals surface area (Å²) in [5.41, 5.74) is 8.45. The average Bonchev–Trinajstić information content (AvgIpc) is 2.59. The van der Waals surface area contributed by atoms with Crippen LogP contribution in [0.15, 0.2) is 16.8 Å². The molecule has 0 amide bonds. The van der Waals surface area contributed by atoms with E-state index in [1.54, 1.807) is 6.07 Å². The Labute approximate surface area is 74.9 Å². The fraction of sp³-hybridized carbons (Fsp3) is 0.250. The molecule has 1 aromatic carbocycles. The van der Waals surface area contributed by atoms with Gasteiger partial charge in [0, 0.05) is 6.54 Å². The second-order valence-electron chi connectivity index (χ2n) is 2.69. The fourth-order valence-electron chi connectivity index (χ4n) is 1.22. The van der Waals surface area contributed by atoms with Crippen LogP contribution < -0.4 is 11.1 Å². The van der Waals surface area contributed by atoms with Gasteiger partial charge in [0.15, 0.2) is 11.0 Å². The van der Waals surface area contributed by atoms with Crippen molar-refractivity contribution in [3.05, 3.63) is 12.1 Å². The van der Waals surface area contributed by atoms with Gasteiger partial charge in [-0.1, -0.05) is 0 Å². The summed E-state index contributed by atoms with van der Waals surface area (Å²) in [6.45, 7) is 2.83. The van der Waals surface area contributed by atoms with Crippen LogP contribution in [-0.4, -0.2) is 16.9 Å². The van der Waals surface area contributed by atoms with Gasteiger partial charge in [-0.3, -0.25) is 0 Å². The van der Waals surface area contributed by atoms with E-state index in [4.69, 9.17) is 5.73 Å². The highest BCUT2D eigenvalue weighted by Gasteiger charge is 2.08. The fourth-order valence-corrected chi connectivity index (χ4v) is 1.22. The summed E-state index contributed by atoms with van der Waals surface area (Å²) in [4.78, 5) is 0. The lowest BCUT2D eigenvalue weighted by atomic mass is 10.2. The number of nitrogens with zero attached hydrogens (tertiary/aromatic N) is 2. The Balaban J connectivity index is 2.64. The first-order valence-corrected chi connectivity index (χ1v) is 4.07. The van der Waals surface area contributed by atoms with Gasteiger partial charge in [-0.25, -0.2) is 4.63 Å². The van der Waals surface area contributed by atoms with Gasteiger partial charge >= 0.3 is 0 Å². The van der Waals surface area contributed by atoms with Crippen LogP contribution in [0.25, 0.3) is 11.0 Å². The van der Waals surface area contributed by atoms with Gasteiger partial charge in [0.2, 0.25) is 0 Å². The summed E-state index contributed by atoms with van der Waals surface area (Å²) in [6.07, 6.45) is 0. The summed E-state index contributed by atoms with van der Waals surface area (Å²) < 4.78 is 4.61. The number of aromatic nitrogens is 2. The van der Waals surface area contributed by atoms with Crippen molar-refractivity contribution in [2.75, 3.05) is 17.6 Å². The molecule has 0 saturated heterocycles. The monoisotopic (exact) mass is 178 g/mol. The summed E-state index contributed by atoms with van der Waals surface area (Å²) in [6, 6.07) is 3.65. The Morgan fingerprint density at radius 2 is 2.15 bits per heavy atom. The van der Waals surface area contributed by atoms with E-state index in [0.717, 1.165) is 12.2 Å². The summed E-state index contributed by atoms with van der Waals surface area (Å²) in [5.74, 6) is 0. The average molecular weight is 178 g/mol. The van der Waals surface area contributed by atoms with Crippen LogP contribution >= 0.6 is 0 Å². The molecule has 5 nitrogen and oxygen atoms in total. The normalized spacial score (nSPS) is 10.5. The lowest BCUT2D eigenvalue weighted by Crippen LogP contribution is -1.98. The van der Waals surface area contributed by atoms with Gasteiger partial charge in [0.25, 0.3) is 0 Å². The quantitative estimate of drug-likeness (QED) is 0.676. The number of benzene rings is 1. The van der Waals surface area contributed by atoms with Gasteiger partial charge in [0.1, 0.15) is 0 Å². The molecule has 0 atom stereocenters. The number of fused-ring (bicyclic) bond motifs is 1. The first-order chi connectivity index (χ1) is 6.33. The van der Waals surface area contributed by atoms with Crippen LogP contribution in [0.2, 0.25) is 0 Å². The summed E-state index contributed by atoms with van der Waals surface area (Å²) in [7, 11) is 0. The first-order valence-electron chi connectivity index (χ1n) is 4.07. The molecule has 1 heterocycles. The third-order valence-electron chi connectivity index (χ3n) is 1.81. The maximum absolute atomic E-state index is 5.68. The third-order valence-corrected chi connectivity index (χ3v) is 1.81. The van der Waals surface area contributed by atoms with E-state index in [1.165, 1.54) is 0 Å². The summed E-state index contributed by atoms with van der Waals surface area (Å²) in [5, 5.41) is 10.6. The number of nitrogens with two attached hydrogens (primary N) is 1. The molecule has 1 aromatic heterocycles. The van der Waals surface area contributed by atoms with Crippen molar-refractivity contribution in [2.24, 2.45) is 0 Å². The predicted molar refractivity (Wildman–Crippen MR) is 50.4 cm³/mol. The summed E-state index contributed by atoms with van der Waals surface area (Å²) >= 11 is 0.